The van der Waals surface area contributed by atoms with Crippen molar-refractivity contribution in [3.05, 3.63) is 74.7 Å². The molecule has 0 aliphatic carbocycles. The summed E-state index contributed by atoms with van der Waals surface area (Å²) in [5.41, 5.74) is 3.00. The zero-order valence-electron chi connectivity index (χ0n) is 17.8. The molecule has 0 unspecified atom stereocenters. The molecule has 10 heteroatoms. The molecule has 9 nitrogen and oxygen atoms in total. The van der Waals surface area contributed by atoms with Gasteiger partial charge in [0.05, 0.1) is 25.0 Å². The third-order valence-electron chi connectivity index (χ3n) is 5.29. The van der Waals surface area contributed by atoms with Gasteiger partial charge in [0, 0.05) is 23.6 Å². The molecule has 4 aromatic rings. The number of amides is 1. The molecule has 1 aromatic carbocycles. The van der Waals surface area contributed by atoms with Crippen molar-refractivity contribution in [3.8, 4) is 0 Å². The third kappa shape index (κ3) is 4.72. The molecule has 3 heterocycles. The van der Waals surface area contributed by atoms with Crippen LogP contribution in [0.4, 0.5) is 0 Å². The van der Waals surface area contributed by atoms with E-state index in [1.54, 1.807) is 10.7 Å². The Bertz CT molecular complexity index is 1300. The number of hydrogen-bond acceptors (Lipinski definition) is 6. The van der Waals surface area contributed by atoms with Crippen LogP contribution in [0.3, 0.4) is 0 Å². The lowest BCUT2D eigenvalue weighted by Crippen LogP contribution is -2.28. The van der Waals surface area contributed by atoms with Gasteiger partial charge in [-0.25, -0.2) is 9.67 Å². The van der Waals surface area contributed by atoms with Crippen LogP contribution in [0, 0.1) is 13.8 Å². The van der Waals surface area contributed by atoms with Crippen molar-refractivity contribution in [1.82, 2.24) is 29.8 Å². The second kappa shape index (κ2) is 9.35. The predicted molar refractivity (Wildman–Crippen MR) is 120 cm³/mol. The second-order valence-electron chi connectivity index (χ2n) is 7.57. The molecule has 1 amide bonds. The van der Waals surface area contributed by atoms with E-state index in [0.29, 0.717) is 48.5 Å². The van der Waals surface area contributed by atoms with Crippen molar-refractivity contribution in [3.63, 3.8) is 0 Å². The van der Waals surface area contributed by atoms with E-state index in [0.717, 1.165) is 22.6 Å². The standard InChI is InChI=1S/C22H23ClN6O3/c1-14-18(15(2)32-27-14)6-7-20(30)24-8-9-29-21-19(11-26-29)22(31)28(13-25-21)12-16-4-3-5-17(23)10-16/h3-5,10-11,13H,6-9,12H2,1-2H3,(H,24,30). The summed E-state index contributed by atoms with van der Waals surface area (Å²) in [7, 11) is 0. The Morgan fingerprint density at radius 2 is 2.12 bits per heavy atom. The van der Waals surface area contributed by atoms with Gasteiger partial charge in [0.25, 0.3) is 5.56 Å². The lowest BCUT2D eigenvalue weighted by atomic mass is 10.1. The molecule has 166 valence electrons. The van der Waals surface area contributed by atoms with Gasteiger partial charge >= 0.3 is 0 Å². The van der Waals surface area contributed by atoms with E-state index in [1.807, 2.05) is 32.0 Å². The van der Waals surface area contributed by atoms with Gasteiger partial charge in [-0.1, -0.05) is 28.9 Å². The number of hydrogen-bond donors (Lipinski definition) is 1. The summed E-state index contributed by atoms with van der Waals surface area (Å²) in [5, 5.41) is 12.1. The number of carbonyl (C=O) groups is 1. The fourth-order valence-corrected chi connectivity index (χ4v) is 3.81. The molecule has 0 bridgehead atoms. The van der Waals surface area contributed by atoms with Gasteiger partial charge < -0.3 is 9.84 Å². The minimum Gasteiger partial charge on any atom is -0.361 e. The summed E-state index contributed by atoms with van der Waals surface area (Å²) in [6.07, 6.45) is 3.94. The molecule has 1 N–H and O–H groups in total. The first kappa shape index (κ1) is 21.8. The lowest BCUT2D eigenvalue weighted by molar-refractivity contribution is -0.121. The topological polar surface area (TPSA) is 108 Å². The molecule has 4 rings (SSSR count). The van der Waals surface area contributed by atoms with Gasteiger partial charge in [-0.15, -0.1) is 0 Å². The number of rotatable bonds is 8. The highest BCUT2D eigenvalue weighted by atomic mass is 35.5. The number of aryl methyl sites for hydroxylation is 2. The number of fused-ring (bicyclic) bond motifs is 1. The van der Waals surface area contributed by atoms with Crippen LogP contribution in [-0.4, -0.2) is 36.9 Å². The van der Waals surface area contributed by atoms with Crippen LogP contribution >= 0.6 is 11.6 Å². The molecule has 0 atom stereocenters. The molecular weight excluding hydrogens is 432 g/mol. The molecule has 0 saturated carbocycles. The number of carbonyl (C=O) groups excluding carboxylic acids is 1. The van der Waals surface area contributed by atoms with E-state index in [9.17, 15) is 9.59 Å². The summed E-state index contributed by atoms with van der Waals surface area (Å²) in [4.78, 5) is 29.4. The van der Waals surface area contributed by atoms with Crippen LogP contribution in [0.2, 0.25) is 5.02 Å². The summed E-state index contributed by atoms with van der Waals surface area (Å²) >= 11 is 6.03. The first-order valence-corrected chi connectivity index (χ1v) is 10.6. The quantitative estimate of drug-likeness (QED) is 0.438. The molecule has 0 fully saturated rings. The van der Waals surface area contributed by atoms with Crippen LogP contribution in [0.15, 0.2) is 46.1 Å². The molecule has 3 aromatic heterocycles. The number of nitrogens with one attached hydrogen (secondary N) is 1. The van der Waals surface area contributed by atoms with Gasteiger partial charge in [-0.05, 0) is 38.0 Å². The van der Waals surface area contributed by atoms with Crippen molar-refractivity contribution in [1.29, 1.82) is 0 Å². The van der Waals surface area contributed by atoms with Crippen molar-refractivity contribution in [2.45, 2.75) is 39.8 Å². The zero-order chi connectivity index (χ0) is 22.7. The average molecular weight is 455 g/mol. The lowest BCUT2D eigenvalue weighted by Gasteiger charge is -2.08. The molecule has 0 aliphatic rings. The van der Waals surface area contributed by atoms with E-state index in [2.05, 4.69) is 20.6 Å². The predicted octanol–water partition coefficient (Wildman–Crippen LogP) is 2.65. The highest BCUT2D eigenvalue weighted by Crippen LogP contribution is 2.14. The summed E-state index contributed by atoms with van der Waals surface area (Å²) in [5.74, 6) is 0.670. The molecule has 0 radical (unpaired) electrons. The van der Waals surface area contributed by atoms with Crippen LogP contribution < -0.4 is 10.9 Å². The van der Waals surface area contributed by atoms with Crippen LogP contribution in [0.1, 0.15) is 29.0 Å². The second-order valence-corrected chi connectivity index (χ2v) is 8.00. The smallest absolute Gasteiger partial charge is 0.264 e. The number of benzene rings is 1. The van der Waals surface area contributed by atoms with Crippen molar-refractivity contribution >= 4 is 28.5 Å². The average Bonchev–Trinajstić information content (AvgIpc) is 3.32. The van der Waals surface area contributed by atoms with Crippen LogP contribution in [0.25, 0.3) is 11.0 Å². The Kier molecular flexibility index (Phi) is 6.36. The summed E-state index contributed by atoms with van der Waals surface area (Å²) in [6, 6.07) is 7.35. The van der Waals surface area contributed by atoms with Gasteiger partial charge in [-0.3, -0.25) is 14.2 Å². The minimum absolute atomic E-state index is 0.0710. The van der Waals surface area contributed by atoms with E-state index >= 15 is 0 Å². The fourth-order valence-electron chi connectivity index (χ4n) is 3.59. The van der Waals surface area contributed by atoms with Crippen LogP contribution in [0.5, 0.6) is 0 Å². The Morgan fingerprint density at radius 3 is 2.88 bits per heavy atom. The Morgan fingerprint density at radius 1 is 1.28 bits per heavy atom. The molecule has 32 heavy (non-hydrogen) atoms. The molecular formula is C22H23ClN6O3. The molecule has 0 saturated heterocycles. The first-order chi connectivity index (χ1) is 15.4. The van der Waals surface area contributed by atoms with Crippen molar-refractivity contribution in [2.24, 2.45) is 0 Å². The van der Waals surface area contributed by atoms with Crippen LogP contribution in [-0.2, 0) is 24.3 Å². The first-order valence-electron chi connectivity index (χ1n) is 10.3. The highest BCUT2D eigenvalue weighted by Gasteiger charge is 2.13. The Labute approximate surface area is 189 Å². The maximum Gasteiger partial charge on any atom is 0.264 e. The largest absolute Gasteiger partial charge is 0.361 e. The van der Waals surface area contributed by atoms with Crippen molar-refractivity contribution in [2.75, 3.05) is 6.54 Å². The zero-order valence-corrected chi connectivity index (χ0v) is 18.6. The number of halogens is 1. The molecule has 0 aliphatic heterocycles. The molecule has 0 spiro atoms. The van der Waals surface area contributed by atoms with Gasteiger partial charge in [-0.2, -0.15) is 5.10 Å². The van der Waals surface area contributed by atoms with E-state index in [4.69, 9.17) is 16.1 Å². The Balaban J connectivity index is 1.36. The maximum absolute atomic E-state index is 12.8. The minimum atomic E-state index is -0.176. The maximum atomic E-state index is 12.8. The van der Waals surface area contributed by atoms with Gasteiger partial charge in [0.15, 0.2) is 5.65 Å². The normalized spacial score (nSPS) is 11.2. The summed E-state index contributed by atoms with van der Waals surface area (Å²) in [6.45, 7) is 4.86. The number of nitrogens with zero attached hydrogens (tertiary/aromatic N) is 5. The van der Waals surface area contributed by atoms with E-state index < -0.39 is 0 Å². The Hall–Kier alpha value is -3.46. The summed E-state index contributed by atoms with van der Waals surface area (Å²) < 4.78 is 8.27. The van der Waals surface area contributed by atoms with Gasteiger partial charge in [0.1, 0.15) is 17.5 Å². The third-order valence-corrected chi connectivity index (χ3v) is 5.53. The highest BCUT2D eigenvalue weighted by molar-refractivity contribution is 6.30. The number of aromatic nitrogens is 5. The SMILES string of the molecule is Cc1noc(C)c1CCC(=O)NCCn1ncc2c(=O)n(Cc3cccc(Cl)c3)cnc21. The fraction of sp³-hybridized carbons (Fsp3) is 0.318. The van der Waals surface area contributed by atoms with E-state index in [-0.39, 0.29) is 11.5 Å². The van der Waals surface area contributed by atoms with Gasteiger partial charge in [0.2, 0.25) is 5.91 Å². The van der Waals surface area contributed by atoms with E-state index in [1.165, 1.54) is 17.1 Å². The van der Waals surface area contributed by atoms with Crippen molar-refractivity contribution < 1.29 is 9.32 Å². The monoisotopic (exact) mass is 454 g/mol.